The SMILES string of the molecule is N#Cc1ccccc1COC(=O)Cn1[nH]c(=O)c2ccccc2c1=O. The zero-order chi connectivity index (χ0) is 17.8. The lowest BCUT2D eigenvalue weighted by Crippen LogP contribution is -2.32. The maximum Gasteiger partial charge on any atom is 0.328 e. The number of aromatic amines is 1. The molecule has 0 aliphatic heterocycles. The number of carbonyl (C=O) groups excluding carboxylic acids is 1. The van der Waals surface area contributed by atoms with E-state index in [4.69, 9.17) is 10.00 Å². The zero-order valence-corrected chi connectivity index (χ0v) is 13.1. The molecule has 1 aromatic heterocycles. The number of nitriles is 1. The molecule has 0 radical (unpaired) electrons. The van der Waals surface area contributed by atoms with Crippen molar-refractivity contribution in [3.63, 3.8) is 0 Å². The molecule has 0 bridgehead atoms. The minimum atomic E-state index is -0.694. The molecule has 0 aliphatic carbocycles. The van der Waals surface area contributed by atoms with Crippen molar-refractivity contribution in [2.45, 2.75) is 13.2 Å². The van der Waals surface area contributed by atoms with Gasteiger partial charge in [0.05, 0.1) is 22.4 Å². The number of carbonyl (C=O) groups is 1. The highest BCUT2D eigenvalue weighted by Crippen LogP contribution is 2.09. The van der Waals surface area contributed by atoms with Crippen molar-refractivity contribution in [1.82, 2.24) is 9.78 Å². The van der Waals surface area contributed by atoms with Crippen LogP contribution in [0.3, 0.4) is 0 Å². The lowest BCUT2D eigenvalue weighted by Gasteiger charge is -2.08. The number of hydrogen-bond donors (Lipinski definition) is 1. The van der Waals surface area contributed by atoms with Crippen molar-refractivity contribution < 1.29 is 9.53 Å². The Morgan fingerprint density at radius 1 is 1.08 bits per heavy atom. The van der Waals surface area contributed by atoms with E-state index in [1.165, 1.54) is 12.1 Å². The van der Waals surface area contributed by atoms with Gasteiger partial charge in [-0.2, -0.15) is 5.26 Å². The molecule has 2 aromatic carbocycles. The molecule has 7 nitrogen and oxygen atoms in total. The second kappa shape index (κ2) is 6.84. The first-order valence-corrected chi connectivity index (χ1v) is 7.45. The minimum Gasteiger partial charge on any atom is -0.459 e. The van der Waals surface area contributed by atoms with Gasteiger partial charge in [0.1, 0.15) is 13.2 Å². The van der Waals surface area contributed by atoms with Gasteiger partial charge < -0.3 is 4.74 Å². The summed E-state index contributed by atoms with van der Waals surface area (Å²) in [5.74, 6) is -0.694. The van der Waals surface area contributed by atoms with Crippen LogP contribution >= 0.6 is 0 Å². The fourth-order valence-corrected chi connectivity index (χ4v) is 2.45. The number of rotatable bonds is 4. The summed E-state index contributed by atoms with van der Waals surface area (Å²) in [4.78, 5) is 36.3. The fraction of sp³-hybridized carbons (Fsp3) is 0.111. The Hall–Kier alpha value is -3.66. The topological polar surface area (TPSA) is 105 Å². The molecule has 0 atom stereocenters. The van der Waals surface area contributed by atoms with Crippen LogP contribution in [0.4, 0.5) is 0 Å². The van der Waals surface area contributed by atoms with Gasteiger partial charge >= 0.3 is 5.97 Å². The maximum atomic E-state index is 12.3. The standard InChI is InChI=1S/C18H13N3O4/c19-9-12-5-1-2-6-13(12)11-25-16(22)10-21-18(24)15-8-4-3-7-14(15)17(23)20-21/h1-8H,10-11H2,(H,20,23). The second-order valence-corrected chi connectivity index (χ2v) is 5.31. The molecule has 124 valence electrons. The first kappa shape index (κ1) is 16.2. The normalized spacial score (nSPS) is 10.4. The molecule has 0 amide bonds. The lowest BCUT2D eigenvalue weighted by molar-refractivity contribution is -0.146. The Morgan fingerprint density at radius 2 is 1.76 bits per heavy atom. The second-order valence-electron chi connectivity index (χ2n) is 5.31. The number of fused-ring (bicyclic) bond motifs is 1. The summed E-state index contributed by atoms with van der Waals surface area (Å²) in [6, 6.07) is 15.1. The van der Waals surface area contributed by atoms with E-state index in [1.54, 1.807) is 36.4 Å². The molecule has 0 unspecified atom stereocenters. The maximum absolute atomic E-state index is 12.3. The van der Waals surface area contributed by atoms with Gasteiger partial charge in [-0.25, -0.2) is 4.68 Å². The van der Waals surface area contributed by atoms with Crippen LogP contribution in [-0.4, -0.2) is 15.7 Å². The van der Waals surface area contributed by atoms with Gasteiger partial charge in [0.25, 0.3) is 11.1 Å². The third-order valence-corrected chi connectivity index (χ3v) is 3.70. The summed E-state index contributed by atoms with van der Waals surface area (Å²) in [6.07, 6.45) is 0. The van der Waals surface area contributed by atoms with E-state index in [0.29, 0.717) is 11.1 Å². The summed E-state index contributed by atoms with van der Waals surface area (Å²) in [7, 11) is 0. The van der Waals surface area contributed by atoms with Gasteiger partial charge in [-0.15, -0.1) is 0 Å². The summed E-state index contributed by atoms with van der Waals surface area (Å²) in [5.41, 5.74) is 0.0340. The highest BCUT2D eigenvalue weighted by molar-refractivity contribution is 5.80. The Kier molecular flexibility index (Phi) is 4.44. The summed E-state index contributed by atoms with van der Waals surface area (Å²) in [5, 5.41) is 11.9. The monoisotopic (exact) mass is 335 g/mol. The third-order valence-electron chi connectivity index (χ3n) is 3.70. The van der Waals surface area contributed by atoms with Gasteiger partial charge in [0, 0.05) is 5.56 Å². The quantitative estimate of drug-likeness (QED) is 0.724. The first-order valence-electron chi connectivity index (χ1n) is 7.45. The number of ether oxygens (including phenoxy) is 1. The van der Waals surface area contributed by atoms with Crippen LogP contribution in [0.15, 0.2) is 58.1 Å². The van der Waals surface area contributed by atoms with Gasteiger partial charge in [0.2, 0.25) is 0 Å². The number of nitrogens with zero attached hydrogens (tertiary/aromatic N) is 2. The fourth-order valence-electron chi connectivity index (χ4n) is 2.45. The molecule has 3 aromatic rings. The molecule has 0 spiro atoms. The zero-order valence-electron chi connectivity index (χ0n) is 13.1. The van der Waals surface area contributed by atoms with Crippen molar-refractivity contribution in [3.8, 4) is 6.07 Å². The molecule has 0 saturated carbocycles. The number of nitrogens with one attached hydrogen (secondary N) is 1. The number of H-pyrrole nitrogens is 1. The van der Waals surface area contributed by atoms with Gasteiger partial charge in [-0.1, -0.05) is 30.3 Å². The van der Waals surface area contributed by atoms with Crippen LogP contribution < -0.4 is 11.1 Å². The minimum absolute atomic E-state index is 0.0882. The number of esters is 1. The molecule has 0 saturated heterocycles. The van der Waals surface area contributed by atoms with E-state index in [9.17, 15) is 14.4 Å². The Labute approximate surface area is 141 Å². The molecule has 0 fully saturated rings. The van der Waals surface area contributed by atoms with Crippen LogP contribution in [0.25, 0.3) is 10.8 Å². The molecule has 0 aliphatic rings. The van der Waals surface area contributed by atoms with Crippen LogP contribution in [0.5, 0.6) is 0 Å². The van der Waals surface area contributed by atoms with Crippen LogP contribution in [-0.2, 0) is 22.7 Å². The molecule has 1 N–H and O–H groups in total. The summed E-state index contributed by atoms with van der Waals surface area (Å²) >= 11 is 0. The Balaban J connectivity index is 1.79. The number of benzene rings is 2. The van der Waals surface area contributed by atoms with E-state index in [1.807, 2.05) is 6.07 Å². The van der Waals surface area contributed by atoms with Crippen molar-refractivity contribution >= 4 is 16.7 Å². The highest BCUT2D eigenvalue weighted by Gasteiger charge is 2.12. The van der Waals surface area contributed by atoms with Crippen LogP contribution in [0.1, 0.15) is 11.1 Å². The lowest BCUT2D eigenvalue weighted by atomic mass is 10.1. The van der Waals surface area contributed by atoms with Crippen LogP contribution in [0.2, 0.25) is 0 Å². The van der Waals surface area contributed by atoms with Crippen molar-refractivity contribution in [2.75, 3.05) is 0 Å². The molecular weight excluding hydrogens is 322 g/mol. The van der Waals surface area contributed by atoms with Gasteiger partial charge in [-0.3, -0.25) is 19.5 Å². The average molecular weight is 335 g/mol. The van der Waals surface area contributed by atoms with E-state index in [-0.39, 0.29) is 17.4 Å². The number of aromatic nitrogens is 2. The van der Waals surface area contributed by atoms with E-state index in [0.717, 1.165) is 4.68 Å². The van der Waals surface area contributed by atoms with Crippen molar-refractivity contribution in [2.24, 2.45) is 0 Å². The van der Waals surface area contributed by atoms with Crippen molar-refractivity contribution in [1.29, 1.82) is 5.26 Å². The largest absolute Gasteiger partial charge is 0.459 e. The Bertz CT molecular complexity index is 1110. The summed E-state index contributed by atoms with van der Waals surface area (Å²) < 4.78 is 6.03. The van der Waals surface area contributed by atoms with E-state index in [2.05, 4.69) is 5.10 Å². The Morgan fingerprint density at radius 3 is 2.52 bits per heavy atom. The molecule has 25 heavy (non-hydrogen) atoms. The smallest absolute Gasteiger partial charge is 0.328 e. The van der Waals surface area contributed by atoms with E-state index < -0.39 is 23.6 Å². The van der Waals surface area contributed by atoms with Crippen LogP contribution in [0, 0.1) is 11.3 Å². The highest BCUT2D eigenvalue weighted by atomic mass is 16.5. The third kappa shape index (κ3) is 3.33. The predicted octanol–water partition coefficient (Wildman–Crippen LogP) is 1.30. The molecular formula is C18H13N3O4. The van der Waals surface area contributed by atoms with Gasteiger partial charge in [-0.05, 0) is 18.2 Å². The number of hydrogen-bond acceptors (Lipinski definition) is 5. The first-order chi connectivity index (χ1) is 12.1. The summed E-state index contributed by atoms with van der Waals surface area (Å²) in [6.45, 7) is -0.511. The molecule has 7 heteroatoms. The van der Waals surface area contributed by atoms with Gasteiger partial charge in [0.15, 0.2) is 0 Å². The predicted molar refractivity (Wildman–Crippen MR) is 89.8 cm³/mol. The molecule has 3 rings (SSSR count). The van der Waals surface area contributed by atoms with E-state index >= 15 is 0 Å². The average Bonchev–Trinajstić information content (AvgIpc) is 2.64. The van der Waals surface area contributed by atoms with Crippen molar-refractivity contribution in [3.05, 3.63) is 80.4 Å². The molecule has 1 heterocycles.